The second-order valence-electron chi connectivity index (χ2n) is 4.27. The zero-order chi connectivity index (χ0) is 14.0. The van der Waals surface area contributed by atoms with Gasteiger partial charge >= 0.3 is 0 Å². The Morgan fingerprint density at radius 3 is 2.84 bits per heavy atom. The van der Waals surface area contributed by atoms with Crippen LogP contribution in [0.4, 0.5) is 10.2 Å². The predicted octanol–water partition coefficient (Wildman–Crippen LogP) is -0.233. The number of nitrogens with one attached hydrogen (secondary N) is 1. The quantitative estimate of drug-likeness (QED) is 0.615. The molecule has 2 rings (SSSR count). The number of aliphatic hydroxyl groups is 3. The molecule has 0 spiro atoms. The molecular formula is C11H14ClFN2O4. The molecule has 0 aromatic carbocycles. The zero-order valence-electron chi connectivity index (χ0n) is 9.83. The zero-order valence-corrected chi connectivity index (χ0v) is 10.6. The van der Waals surface area contributed by atoms with E-state index in [-0.39, 0.29) is 17.4 Å². The summed E-state index contributed by atoms with van der Waals surface area (Å²) in [7, 11) is 0. The maximum atomic E-state index is 13.5. The van der Waals surface area contributed by atoms with Crippen molar-refractivity contribution >= 4 is 17.4 Å². The third kappa shape index (κ3) is 3.13. The molecule has 0 bridgehead atoms. The van der Waals surface area contributed by atoms with Crippen molar-refractivity contribution in [1.82, 2.24) is 4.98 Å². The maximum Gasteiger partial charge on any atom is 0.166 e. The molecule has 106 valence electrons. The Balaban J connectivity index is 2.07. The van der Waals surface area contributed by atoms with Gasteiger partial charge in [0.05, 0.1) is 24.3 Å². The second-order valence-corrected chi connectivity index (χ2v) is 4.71. The van der Waals surface area contributed by atoms with Crippen LogP contribution >= 0.6 is 11.6 Å². The molecular weight excluding hydrogens is 279 g/mol. The minimum absolute atomic E-state index is 0.00714. The van der Waals surface area contributed by atoms with E-state index < -0.39 is 36.8 Å². The number of ether oxygens (including phenoxy) is 1. The second kappa shape index (κ2) is 5.98. The van der Waals surface area contributed by atoms with E-state index in [1.165, 1.54) is 6.20 Å². The lowest BCUT2D eigenvalue weighted by atomic mass is 9.98. The SMILES string of the molecule is OC[C@H]1OC[C@@H](Nc2ncc(Cl)cc2F)[C@@H](O)[C@H]1O. The van der Waals surface area contributed by atoms with Crippen LogP contribution in [0.25, 0.3) is 0 Å². The summed E-state index contributed by atoms with van der Waals surface area (Å²) in [5, 5.41) is 31.3. The van der Waals surface area contributed by atoms with Gasteiger partial charge in [0.1, 0.15) is 18.3 Å². The van der Waals surface area contributed by atoms with E-state index in [9.17, 15) is 14.6 Å². The number of hydrogen-bond acceptors (Lipinski definition) is 6. The van der Waals surface area contributed by atoms with Crippen molar-refractivity contribution in [2.75, 3.05) is 18.5 Å². The molecule has 1 aromatic rings. The summed E-state index contributed by atoms with van der Waals surface area (Å²) < 4.78 is 18.7. The summed E-state index contributed by atoms with van der Waals surface area (Å²) in [4.78, 5) is 3.75. The lowest BCUT2D eigenvalue weighted by molar-refractivity contribution is -0.152. The van der Waals surface area contributed by atoms with Crippen LogP contribution in [0.3, 0.4) is 0 Å². The molecule has 4 N–H and O–H groups in total. The molecule has 4 atom stereocenters. The summed E-state index contributed by atoms with van der Waals surface area (Å²) in [6.07, 6.45) is -2.05. The topological polar surface area (TPSA) is 94.8 Å². The fraction of sp³-hybridized carbons (Fsp3) is 0.545. The van der Waals surface area contributed by atoms with Gasteiger partial charge in [-0.25, -0.2) is 9.37 Å². The van der Waals surface area contributed by atoms with Crippen LogP contribution in [0.2, 0.25) is 5.02 Å². The molecule has 2 heterocycles. The van der Waals surface area contributed by atoms with E-state index in [2.05, 4.69) is 10.3 Å². The van der Waals surface area contributed by atoms with Gasteiger partial charge < -0.3 is 25.4 Å². The number of anilines is 1. The van der Waals surface area contributed by atoms with Crippen LogP contribution in [0.15, 0.2) is 12.3 Å². The standard InChI is InChI=1S/C11H14ClFN2O4/c12-5-1-6(13)11(14-2-5)15-7-4-19-8(3-16)10(18)9(7)17/h1-2,7-10,16-18H,3-4H2,(H,14,15)/t7-,8-,9-,10+/m1/s1. The van der Waals surface area contributed by atoms with Gasteiger partial charge in [0, 0.05) is 6.20 Å². The first-order chi connectivity index (χ1) is 9.02. The Hall–Kier alpha value is -0.990. The Kier molecular flexibility index (Phi) is 4.54. The largest absolute Gasteiger partial charge is 0.394 e. The molecule has 1 fully saturated rings. The minimum atomic E-state index is -1.26. The molecule has 1 aromatic heterocycles. The number of rotatable bonds is 3. The first-order valence-corrected chi connectivity index (χ1v) is 6.07. The third-order valence-electron chi connectivity index (χ3n) is 2.94. The fourth-order valence-electron chi connectivity index (χ4n) is 1.87. The molecule has 19 heavy (non-hydrogen) atoms. The monoisotopic (exact) mass is 292 g/mol. The molecule has 8 heteroatoms. The highest BCUT2D eigenvalue weighted by Crippen LogP contribution is 2.21. The van der Waals surface area contributed by atoms with Crippen molar-refractivity contribution in [3.8, 4) is 0 Å². The Morgan fingerprint density at radius 1 is 1.47 bits per heavy atom. The number of halogens is 2. The van der Waals surface area contributed by atoms with E-state index in [1.807, 2.05) is 0 Å². The molecule has 0 aliphatic carbocycles. The average Bonchev–Trinajstić information content (AvgIpc) is 2.38. The predicted molar refractivity (Wildman–Crippen MR) is 65.5 cm³/mol. The Bertz CT molecular complexity index is 451. The molecule has 0 unspecified atom stereocenters. The highest BCUT2D eigenvalue weighted by atomic mass is 35.5. The van der Waals surface area contributed by atoms with Gasteiger partial charge in [-0.15, -0.1) is 0 Å². The van der Waals surface area contributed by atoms with Crippen LogP contribution in [0.1, 0.15) is 0 Å². The molecule has 1 aliphatic heterocycles. The van der Waals surface area contributed by atoms with Crippen molar-refractivity contribution in [1.29, 1.82) is 0 Å². The number of pyridine rings is 1. The van der Waals surface area contributed by atoms with Gasteiger partial charge in [-0.2, -0.15) is 0 Å². The third-order valence-corrected chi connectivity index (χ3v) is 3.15. The van der Waals surface area contributed by atoms with Crippen molar-refractivity contribution < 1.29 is 24.4 Å². The Labute approximate surface area is 113 Å². The fourth-order valence-corrected chi connectivity index (χ4v) is 2.01. The maximum absolute atomic E-state index is 13.5. The smallest absolute Gasteiger partial charge is 0.166 e. The van der Waals surface area contributed by atoms with E-state index in [4.69, 9.17) is 21.4 Å². The highest BCUT2D eigenvalue weighted by Gasteiger charge is 2.38. The van der Waals surface area contributed by atoms with Crippen molar-refractivity contribution in [2.24, 2.45) is 0 Å². The lowest BCUT2D eigenvalue weighted by Gasteiger charge is -2.37. The van der Waals surface area contributed by atoms with Crippen LogP contribution in [-0.2, 0) is 4.74 Å². The summed E-state index contributed by atoms with van der Waals surface area (Å²) in [6, 6.07) is 0.348. The van der Waals surface area contributed by atoms with Crippen LogP contribution < -0.4 is 5.32 Å². The lowest BCUT2D eigenvalue weighted by Crippen LogP contribution is -2.56. The van der Waals surface area contributed by atoms with Crippen LogP contribution in [-0.4, -0.2) is 57.9 Å². The van der Waals surface area contributed by atoms with E-state index in [0.717, 1.165) is 6.07 Å². The minimum Gasteiger partial charge on any atom is -0.394 e. The van der Waals surface area contributed by atoms with E-state index in [0.29, 0.717) is 0 Å². The van der Waals surface area contributed by atoms with Crippen LogP contribution in [0.5, 0.6) is 0 Å². The molecule has 6 nitrogen and oxygen atoms in total. The summed E-state index contributed by atoms with van der Waals surface area (Å²) >= 11 is 5.58. The van der Waals surface area contributed by atoms with Crippen molar-refractivity contribution in [2.45, 2.75) is 24.4 Å². The summed E-state index contributed by atoms with van der Waals surface area (Å²) in [5.74, 6) is -0.759. The first-order valence-electron chi connectivity index (χ1n) is 5.69. The van der Waals surface area contributed by atoms with E-state index >= 15 is 0 Å². The Morgan fingerprint density at radius 2 is 2.21 bits per heavy atom. The van der Waals surface area contributed by atoms with Gasteiger partial charge in [-0.1, -0.05) is 11.6 Å². The van der Waals surface area contributed by atoms with Crippen molar-refractivity contribution in [3.63, 3.8) is 0 Å². The van der Waals surface area contributed by atoms with E-state index in [1.54, 1.807) is 0 Å². The van der Waals surface area contributed by atoms with Gasteiger partial charge in [-0.05, 0) is 6.07 Å². The molecule has 0 saturated carbocycles. The number of nitrogens with zero attached hydrogens (tertiary/aromatic N) is 1. The molecule has 1 aliphatic rings. The first kappa shape index (κ1) is 14.4. The number of hydrogen-bond donors (Lipinski definition) is 4. The summed E-state index contributed by atoms with van der Waals surface area (Å²) in [6.45, 7) is -0.397. The average molecular weight is 293 g/mol. The van der Waals surface area contributed by atoms with Crippen molar-refractivity contribution in [3.05, 3.63) is 23.1 Å². The molecule has 1 saturated heterocycles. The number of aliphatic hydroxyl groups excluding tert-OH is 3. The molecule has 0 radical (unpaired) electrons. The van der Waals surface area contributed by atoms with Gasteiger partial charge in [0.15, 0.2) is 11.6 Å². The molecule has 0 amide bonds. The normalized spacial score (nSPS) is 31.2. The van der Waals surface area contributed by atoms with Gasteiger partial charge in [0.2, 0.25) is 0 Å². The van der Waals surface area contributed by atoms with Gasteiger partial charge in [-0.3, -0.25) is 0 Å². The summed E-state index contributed by atoms with van der Waals surface area (Å²) in [5.41, 5.74) is 0. The highest BCUT2D eigenvalue weighted by molar-refractivity contribution is 6.30. The van der Waals surface area contributed by atoms with Gasteiger partial charge in [0.25, 0.3) is 0 Å². The van der Waals surface area contributed by atoms with Crippen LogP contribution in [0, 0.1) is 5.82 Å². The number of aromatic nitrogens is 1.